The third-order valence-corrected chi connectivity index (χ3v) is 5.42. The molecule has 0 spiro atoms. The largest absolute Gasteiger partial charge is 0.348 e. The van der Waals surface area contributed by atoms with Gasteiger partial charge in [-0.05, 0) is 55.3 Å². The summed E-state index contributed by atoms with van der Waals surface area (Å²) in [5, 5.41) is 2.73. The van der Waals surface area contributed by atoms with Crippen LogP contribution >= 0.6 is 0 Å². The Labute approximate surface area is 182 Å². The molecule has 0 fully saturated rings. The van der Waals surface area contributed by atoms with Gasteiger partial charge >= 0.3 is 0 Å². The van der Waals surface area contributed by atoms with Gasteiger partial charge in [0, 0.05) is 18.8 Å². The van der Waals surface area contributed by atoms with Crippen LogP contribution in [-0.2, 0) is 23.3 Å². The van der Waals surface area contributed by atoms with Gasteiger partial charge in [-0.15, -0.1) is 0 Å². The third kappa shape index (κ3) is 4.08. The number of amides is 2. The lowest BCUT2D eigenvalue weighted by molar-refractivity contribution is -0.122. The van der Waals surface area contributed by atoms with Crippen molar-refractivity contribution in [1.82, 2.24) is 10.3 Å². The van der Waals surface area contributed by atoms with Gasteiger partial charge in [0.25, 0.3) is 5.91 Å². The van der Waals surface area contributed by atoms with Crippen molar-refractivity contribution >= 4 is 17.5 Å². The van der Waals surface area contributed by atoms with Crippen molar-refractivity contribution in [1.29, 1.82) is 0 Å². The molecular formula is C24H20F3N3O2. The van der Waals surface area contributed by atoms with Crippen molar-refractivity contribution in [2.24, 2.45) is 0 Å². The summed E-state index contributed by atoms with van der Waals surface area (Å²) in [7, 11) is 0. The number of benzene rings is 2. The van der Waals surface area contributed by atoms with E-state index in [1.54, 1.807) is 32.0 Å². The standard InChI is InChI=1S/C24H20F3N3O2/c1-24(2)21-20(30(23(24)32)13-15-7-18(26)10-19(27)8-15)9-16(12-28-21)22(31)29-11-14-3-5-17(25)6-4-14/h3-10,12H,11,13H2,1-2H3,(H,29,31). The van der Waals surface area contributed by atoms with Gasteiger partial charge in [-0.3, -0.25) is 14.6 Å². The molecule has 0 unspecified atom stereocenters. The van der Waals surface area contributed by atoms with Crippen molar-refractivity contribution < 1.29 is 22.8 Å². The SMILES string of the molecule is CC1(C)C(=O)N(Cc2cc(F)cc(F)c2)c2cc(C(=O)NCc3ccc(F)cc3)cnc21. The van der Waals surface area contributed by atoms with E-state index in [1.807, 2.05) is 0 Å². The summed E-state index contributed by atoms with van der Waals surface area (Å²) in [6, 6.07) is 10.4. The molecule has 32 heavy (non-hydrogen) atoms. The number of nitrogens with one attached hydrogen (secondary N) is 1. The smallest absolute Gasteiger partial charge is 0.253 e. The van der Waals surface area contributed by atoms with E-state index >= 15 is 0 Å². The van der Waals surface area contributed by atoms with E-state index in [-0.39, 0.29) is 35.9 Å². The highest BCUT2D eigenvalue weighted by atomic mass is 19.1. The number of carbonyl (C=O) groups is 2. The summed E-state index contributed by atoms with van der Waals surface area (Å²) in [6.45, 7) is 3.54. The van der Waals surface area contributed by atoms with Crippen LogP contribution in [0.2, 0.25) is 0 Å². The minimum atomic E-state index is -0.954. The number of fused-ring (bicyclic) bond motifs is 1. The molecule has 1 N–H and O–H groups in total. The summed E-state index contributed by atoms with van der Waals surface area (Å²) in [5.41, 5.74) is 1.18. The molecular weight excluding hydrogens is 419 g/mol. The maximum absolute atomic E-state index is 13.6. The summed E-state index contributed by atoms with van der Waals surface area (Å²) in [6.07, 6.45) is 1.39. The Morgan fingerprint density at radius 3 is 2.28 bits per heavy atom. The van der Waals surface area contributed by atoms with E-state index in [4.69, 9.17) is 0 Å². The molecule has 0 radical (unpaired) electrons. The molecule has 1 aliphatic heterocycles. The number of hydrogen-bond acceptors (Lipinski definition) is 3. The Hall–Kier alpha value is -3.68. The number of carbonyl (C=O) groups excluding carboxylic acids is 2. The van der Waals surface area contributed by atoms with E-state index < -0.39 is 23.0 Å². The van der Waals surface area contributed by atoms with Crippen LogP contribution < -0.4 is 10.2 Å². The Bertz CT molecular complexity index is 1190. The van der Waals surface area contributed by atoms with E-state index in [9.17, 15) is 22.8 Å². The average Bonchev–Trinajstić information content (AvgIpc) is 2.92. The molecule has 0 saturated heterocycles. The fourth-order valence-electron chi connectivity index (χ4n) is 3.74. The minimum absolute atomic E-state index is 0.0632. The fraction of sp³-hybridized carbons (Fsp3) is 0.208. The van der Waals surface area contributed by atoms with Gasteiger partial charge in [0.2, 0.25) is 5.91 Å². The van der Waals surface area contributed by atoms with Crippen molar-refractivity contribution in [2.75, 3.05) is 4.90 Å². The van der Waals surface area contributed by atoms with Crippen LogP contribution in [0.5, 0.6) is 0 Å². The minimum Gasteiger partial charge on any atom is -0.348 e. The summed E-state index contributed by atoms with van der Waals surface area (Å²) >= 11 is 0. The monoisotopic (exact) mass is 439 g/mol. The molecule has 4 rings (SSSR count). The molecule has 0 atom stereocenters. The predicted molar refractivity (Wildman–Crippen MR) is 112 cm³/mol. The Kier molecular flexibility index (Phi) is 5.46. The Morgan fingerprint density at radius 1 is 0.969 bits per heavy atom. The Morgan fingerprint density at radius 2 is 1.62 bits per heavy atom. The van der Waals surface area contributed by atoms with E-state index in [1.165, 1.54) is 23.2 Å². The fourth-order valence-corrected chi connectivity index (χ4v) is 3.74. The topological polar surface area (TPSA) is 62.3 Å². The molecule has 2 aromatic carbocycles. The number of hydrogen-bond donors (Lipinski definition) is 1. The third-order valence-electron chi connectivity index (χ3n) is 5.42. The van der Waals surface area contributed by atoms with E-state index in [0.29, 0.717) is 11.4 Å². The van der Waals surface area contributed by atoms with Gasteiger partial charge < -0.3 is 10.2 Å². The number of anilines is 1. The maximum atomic E-state index is 13.6. The van der Waals surface area contributed by atoms with Gasteiger partial charge in [-0.2, -0.15) is 0 Å². The molecule has 1 aliphatic rings. The summed E-state index contributed by atoms with van der Waals surface area (Å²) in [4.78, 5) is 31.4. The molecule has 1 aromatic heterocycles. The molecule has 0 saturated carbocycles. The number of aromatic nitrogens is 1. The lowest BCUT2D eigenvalue weighted by Crippen LogP contribution is -2.36. The molecule has 3 aromatic rings. The average molecular weight is 439 g/mol. The number of rotatable bonds is 5. The first-order valence-electron chi connectivity index (χ1n) is 9.95. The number of pyridine rings is 1. The molecule has 164 valence electrons. The van der Waals surface area contributed by atoms with Gasteiger partial charge in [-0.1, -0.05) is 12.1 Å². The van der Waals surface area contributed by atoms with Gasteiger partial charge in [0.15, 0.2) is 0 Å². The first-order valence-corrected chi connectivity index (χ1v) is 9.95. The second-order valence-electron chi connectivity index (χ2n) is 8.19. The zero-order valence-corrected chi connectivity index (χ0v) is 17.5. The van der Waals surface area contributed by atoms with Gasteiger partial charge in [-0.25, -0.2) is 13.2 Å². The molecule has 0 bridgehead atoms. The molecule has 2 amide bonds. The lowest BCUT2D eigenvalue weighted by Gasteiger charge is -2.20. The highest BCUT2D eigenvalue weighted by molar-refractivity contribution is 6.08. The summed E-state index contributed by atoms with van der Waals surface area (Å²) in [5.74, 6) is -2.54. The molecule has 0 aliphatic carbocycles. The van der Waals surface area contributed by atoms with Crippen molar-refractivity contribution in [2.45, 2.75) is 32.4 Å². The van der Waals surface area contributed by atoms with Crippen LogP contribution in [0.25, 0.3) is 0 Å². The Balaban J connectivity index is 1.60. The van der Waals surface area contributed by atoms with Crippen molar-refractivity contribution in [3.8, 4) is 0 Å². The van der Waals surface area contributed by atoms with Crippen molar-refractivity contribution in [3.63, 3.8) is 0 Å². The zero-order chi connectivity index (χ0) is 23.0. The quantitative estimate of drug-likeness (QED) is 0.647. The predicted octanol–water partition coefficient (Wildman–Crippen LogP) is 4.25. The molecule has 2 heterocycles. The van der Waals surface area contributed by atoms with Crippen LogP contribution in [0.1, 0.15) is 41.0 Å². The maximum Gasteiger partial charge on any atom is 0.253 e. The summed E-state index contributed by atoms with van der Waals surface area (Å²) < 4.78 is 40.3. The molecule has 5 nitrogen and oxygen atoms in total. The first kappa shape index (κ1) is 21.5. The van der Waals surface area contributed by atoms with Crippen LogP contribution in [0.3, 0.4) is 0 Å². The second-order valence-corrected chi connectivity index (χ2v) is 8.19. The zero-order valence-electron chi connectivity index (χ0n) is 17.5. The van der Waals surface area contributed by atoms with Gasteiger partial charge in [0.05, 0.1) is 28.9 Å². The van der Waals surface area contributed by atoms with Gasteiger partial charge in [0.1, 0.15) is 17.5 Å². The van der Waals surface area contributed by atoms with Crippen LogP contribution in [0, 0.1) is 17.5 Å². The van der Waals surface area contributed by atoms with Crippen LogP contribution in [0.4, 0.5) is 18.9 Å². The van der Waals surface area contributed by atoms with E-state index in [2.05, 4.69) is 10.3 Å². The number of halogens is 3. The first-order chi connectivity index (χ1) is 15.1. The van der Waals surface area contributed by atoms with E-state index in [0.717, 1.165) is 23.8 Å². The normalized spacial score (nSPS) is 14.4. The van der Waals surface area contributed by atoms with Crippen LogP contribution in [0.15, 0.2) is 54.7 Å². The lowest BCUT2D eigenvalue weighted by atomic mass is 9.90. The van der Waals surface area contributed by atoms with Crippen molar-refractivity contribution in [3.05, 3.63) is 94.6 Å². The molecule has 8 heteroatoms. The highest BCUT2D eigenvalue weighted by Gasteiger charge is 2.45. The number of nitrogens with zero attached hydrogens (tertiary/aromatic N) is 2. The second kappa shape index (κ2) is 8.11. The van der Waals surface area contributed by atoms with Crippen LogP contribution in [-0.4, -0.2) is 16.8 Å². The highest BCUT2D eigenvalue weighted by Crippen LogP contribution is 2.41.